The average molecular weight is 269 g/mol. The Balaban J connectivity index is 2.45. The summed E-state index contributed by atoms with van der Waals surface area (Å²) < 4.78 is 5.34. The summed E-state index contributed by atoms with van der Waals surface area (Å²) in [5.41, 5.74) is 5.12. The predicted molar refractivity (Wildman–Crippen MR) is 76.2 cm³/mol. The summed E-state index contributed by atoms with van der Waals surface area (Å²) in [5, 5.41) is 7.54. The van der Waals surface area contributed by atoms with Crippen LogP contribution in [0.3, 0.4) is 0 Å². The molecule has 1 aliphatic carbocycles. The molecule has 3 N–H and O–H groups in total. The molecule has 1 fully saturated rings. The van der Waals surface area contributed by atoms with E-state index in [2.05, 4.69) is 0 Å². The first-order valence-corrected chi connectivity index (χ1v) is 6.97. The molecular formula is C14H27N3O2. The van der Waals surface area contributed by atoms with Gasteiger partial charge in [-0.25, -0.2) is 4.79 Å². The lowest BCUT2D eigenvalue weighted by Crippen LogP contribution is -2.39. The van der Waals surface area contributed by atoms with E-state index < -0.39 is 5.60 Å². The number of amides is 1. The Morgan fingerprint density at radius 1 is 1.42 bits per heavy atom. The number of carbonyl (C=O) groups is 1. The molecule has 5 nitrogen and oxygen atoms in total. The van der Waals surface area contributed by atoms with E-state index in [1.165, 1.54) is 0 Å². The summed E-state index contributed by atoms with van der Waals surface area (Å²) in [6, 6.07) is 0. The molecule has 0 heterocycles. The molecule has 1 aliphatic rings. The molecular weight excluding hydrogens is 242 g/mol. The lowest BCUT2D eigenvalue weighted by Gasteiger charge is -2.32. The Morgan fingerprint density at radius 2 is 2.05 bits per heavy atom. The third-order valence-electron chi connectivity index (χ3n) is 3.46. The van der Waals surface area contributed by atoms with Crippen molar-refractivity contribution >= 4 is 11.9 Å². The molecule has 0 saturated heterocycles. The third kappa shape index (κ3) is 5.49. The molecule has 1 amide bonds. The van der Waals surface area contributed by atoms with Gasteiger partial charge >= 0.3 is 6.09 Å². The fraction of sp³-hybridized carbons (Fsp3) is 0.857. The summed E-state index contributed by atoms with van der Waals surface area (Å²) in [7, 11) is 1.77. The van der Waals surface area contributed by atoms with Crippen molar-refractivity contribution in [3.05, 3.63) is 0 Å². The maximum absolute atomic E-state index is 11.9. The van der Waals surface area contributed by atoms with Crippen molar-refractivity contribution in [1.29, 1.82) is 5.41 Å². The Labute approximate surface area is 116 Å². The summed E-state index contributed by atoms with van der Waals surface area (Å²) in [4.78, 5) is 13.5. The quantitative estimate of drug-likeness (QED) is 0.610. The van der Waals surface area contributed by atoms with E-state index in [9.17, 15) is 4.79 Å². The van der Waals surface area contributed by atoms with E-state index in [1.54, 1.807) is 11.9 Å². The highest BCUT2D eigenvalue weighted by Crippen LogP contribution is 2.29. The SMILES string of the molecule is CN(CC1CCCC(C(=N)N)C1)C(=O)OC(C)(C)C. The minimum Gasteiger partial charge on any atom is -0.444 e. The van der Waals surface area contributed by atoms with Crippen molar-refractivity contribution in [2.45, 2.75) is 52.1 Å². The molecule has 0 aromatic rings. The van der Waals surface area contributed by atoms with E-state index in [4.69, 9.17) is 15.9 Å². The van der Waals surface area contributed by atoms with Gasteiger partial charge in [-0.05, 0) is 46.0 Å². The van der Waals surface area contributed by atoms with Crippen molar-refractivity contribution in [3.8, 4) is 0 Å². The lowest BCUT2D eigenvalue weighted by atomic mass is 9.80. The Kier molecular flexibility index (Phi) is 5.20. The standard InChI is InChI=1S/C14H27N3O2/c1-14(2,3)19-13(18)17(4)9-10-6-5-7-11(8-10)12(15)16/h10-11H,5-9H2,1-4H3,(H3,15,16). The molecule has 0 spiro atoms. The molecule has 0 radical (unpaired) electrons. The van der Waals surface area contributed by atoms with Gasteiger partial charge in [0.2, 0.25) is 0 Å². The van der Waals surface area contributed by atoms with Gasteiger partial charge in [0.05, 0.1) is 5.84 Å². The van der Waals surface area contributed by atoms with E-state index >= 15 is 0 Å². The van der Waals surface area contributed by atoms with Crippen LogP contribution in [-0.4, -0.2) is 36.0 Å². The second-order valence-electron chi connectivity index (χ2n) is 6.55. The molecule has 5 heteroatoms. The third-order valence-corrected chi connectivity index (χ3v) is 3.46. The number of hydrogen-bond donors (Lipinski definition) is 2. The number of carbonyl (C=O) groups excluding carboxylic acids is 1. The summed E-state index contributed by atoms with van der Waals surface area (Å²) in [6.45, 7) is 6.28. The fourth-order valence-electron chi connectivity index (χ4n) is 2.54. The highest BCUT2D eigenvalue weighted by molar-refractivity contribution is 5.79. The van der Waals surface area contributed by atoms with Crippen molar-refractivity contribution in [2.24, 2.45) is 17.6 Å². The summed E-state index contributed by atoms with van der Waals surface area (Å²) in [5.74, 6) is 0.885. The molecule has 110 valence electrons. The molecule has 0 aliphatic heterocycles. The molecule has 0 aromatic carbocycles. The van der Waals surface area contributed by atoms with Gasteiger partial charge in [-0.3, -0.25) is 5.41 Å². The highest BCUT2D eigenvalue weighted by Gasteiger charge is 2.27. The van der Waals surface area contributed by atoms with Crippen LogP contribution in [-0.2, 0) is 4.74 Å². The zero-order valence-corrected chi connectivity index (χ0v) is 12.5. The van der Waals surface area contributed by atoms with Gasteiger partial charge in [0.1, 0.15) is 5.60 Å². The topological polar surface area (TPSA) is 79.4 Å². The average Bonchev–Trinajstić information content (AvgIpc) is 2.27. The fourth-order valence-corrected chi connectivity index (χ4v) is 2.54. The molecule has 0 bridgehead atoms. The lowest BCUT2D eigenvalue weighted by molar-refractivity contribution is 0.0259. The molecule has 1 saturated carbocycles. The number of ether oxygens (including phenoxy) is 1. The number of nitrogens with two attached hydrogens (primary N) is 1. The minimum atomic E-state index is -0.459. The zero-order valence-electron chi connectivity index (χ0n) is 12.5. The maximum atomic E-state index is 11.9. The summed E-state index contributed by atoms with van der Waals surface area (Å²) >= 11 is 0. The van der Waals surface area contributed by atoms with Crippen molar-refractivity contribution in [3.63, 3.8) is 0 Å². The summed E-state index contributed by atoms with van der Waals surface area (Å²) in [6.07, 6.45) is 3.80. The van der Waals surface area contributed by atoms with E-state index in [0.717, 1.165) is 25.7 Å². The van der Waals surface area contributed by atoms with Gasteiger partial charge in [-0.1, -0.05) is 6.42 Å². The van der Waals surface area contributed by atoms with E-state index in [1.807, 2.05) is 20.8 Å². The van der Waals surface area contributed by atoms with Crippen LogP contribution in [0.15, 0.2) is 0 Å². The van der Waals surface area contributed by atoms with Crippen molar-refractivity contribution in [1.82, 2.24) is 4.90 Å². The number of rotatable bonds is 3. The van der Waals surface area contributed by atoms with Gasteiger partial charge in [-0.2, -0.15) is 0 Å². The Morgan fingerprint density at radius 3 is 2.58 bits per heavy atom. The van der Waals surface area contributed by atoms with Crippen LogP contribution in [0.1, 0.15) is 46.5 Å². The predicted octanol–water partition coefficient (Wildman–Crippen LogP) is 2.60. The first-order chi connectivity index (χ1) is 8.69. The minimum absolute atomic E-state index is 0.186. The number of nitrogens with one attached hydrogen (secondary N) is 1. The van der Waals surface area contributed by atoms with Crippen LogP contribution in [0.5, 0.6) is 0 Å². The normalized spacial score (nSPS) is 23.8. The largest absolute Gasteiger partial charge is 0.444 e. The van der Waals surface area contributed by atoms with Gasteiger partial charge in [0.25, 0.3) is 0 Å². The van der Waals surface area contributed by atoms with Crippen LogP contribution in [0, 0.1) is 17.2 Å². The highest BCUT2D eigenvalue weighted by atomic mass is 16.6. The first kappa shape index (κ1) is 15.8. The van der Waals surface area contributed by atoms with E-state index in [-0.39, 0.29) is 17.8 Å². The molecule has 1 rings (SSSR count). The first-order valence-electron chi connectivity index (χ1n) is 6.97. The van der Waals surface area contributed by atoms with Gasteiger partial charge in [0.15, 0.2) is 0 Å². The second-order valence-corrected chi connectivity index (χ2v) is 6.55. The number of nitrogens with zero attached hydrogens (tertiary/aromatic N) is 1. The van der Waals surface area contributed by atoms with Gasteiger partial charge in [0, 0.05) is 19.5 Å². The van der Waals surface area contributed by atoms with Gasteiger partial charge < -0.3 is 15.4 Å². The van der Waals surface area contributed by atoms with E-state index in [0.29, 0.717) is 12.5 Å². The van der Waals surface area contributed by atoms with Crippen molar-refractivity contribution in [2.75, 3.05) is 13.6 Å². The second kappa shape index (κ2) is 6.26. The van der Waals surface area contributed by atoms with Crippen LogP contribution >= 0.6 is 0 Å². The monoisotopic (exact) mass is 269 g/mol. The molecule has 19 heavy (non-hydrogen) atoms. The van der Waals surface area contributed by atoms with Gasteiger partial charge in [-0.15, -0.1) is 0 Å². The number of amidine groups is 1. The van der Waals surface area contributed by atoms with Crippen LogP contribution in [0.25, 0.3) is 0 Å². The maximum Gasteiger partial charge on any atom is 0.410 e. The zero-order chi connectivity index (χ0) is 14.6. The Bertz CT molecular complexity index is 336. The Hall–Kier alpha value is -1.26. The van der Waals surface area contributed by atoms with Crippen LogP contribution in [0.4, 0.5) is 4.79 Å². The molecule has 2 atom stereocenters. The molecule has 0 aromatic heterocycles. The smallest absolute Gasteiger partial charge is 0.410 e. The van der Waals surface area contributed by atoms with Crippen LogP contribution < -0.4 is 5.73 Å². The van der Waals surface area contributed by atoms with Crippen molar-refractivity contribution < 1.29 is 9.53 Å². The van der Waals surface area contributed by atoms with Crippen LogP contribution in [0.2, 0.25) is 0 Å². The number of hydrogen-bond acceptors (Lipinski definition) is 3. The molecule has 2 unspecified atom stereocenters.